The van der Waals surface area contributed by atoms with E-state index >= 15 is 0 Å². The van der Waals surface area contributed by atoms with Crippen LogP contribution in [0.3, 0.4) is 0 Å². The van der Waals surface area contributed by atoms with E-state index in [0.29, 0.717) is 0 Å². The van der Waals surface area contributed by atoms with Crippen LogP contribution in [-0.4, -0.2) is 0 Å². The van der Waals surface area contributed by atoms with Gasteiger partial charge in [0, 0.05) is 5.92 Å². The highest BCUT2D eigenvalue weighted by Crippen LogP contribution is 2.47. The van der Waals surface area contributed by atoms with Gasteiger partial charge in [0.1, 0.15) is 0 Å². The van der Waals surface area contributed by atoms with Gasteiger partial charge < -0.3 is 5.73 Å². The maximum Gasteiger partial charge on any atom is 0.0740 e. The molecule has 0 saturated heterocycles. The first-order valence-electron chi connectivity index (χ1n) is 12.7. The predicted octanol–water partition coefficient (Wildman–Crippen LogP) is 8.49. The summed E-state index contributed by atoms with van der Waals surface area (Å²) in [5, 5.41) is 0. The standard InChI is InChI=1S/C32H43N/c1-8-9-10-11-12-29(28-19-22(2)13-16-25(28)5)32(33,30-20-23(3)14-17-26(30)6)31-21-24(4)15-18-27(31)7/h13-21,29H,8-12,33H2,1-7H3. The number of aryl methyl sites for hydroxylation is 6. The summed E-state index contributed by atoms with van der Waals surface area (Å²) in [5.74, 6) is 0.204. The lowest BCUT2D eigenvalue weighted by atomic mass is 9.66. The van der Waals surface area contributed by atoms with Gasteiger partial charge in [-0.15, -0.1) is 0 Å². The molecule has 1 atom stereocenters. The van der Waals surface area contributed by atoms with Crippen LogP contribution < -0.4 is 5.73 Å². The van der Waals surface area contributed by atoms with E-state index in [-0.39, 0.29) is 5.92 Å². The third kappa shape index (κ3) is 5.41. The fourth-order valence-corrected chi connectivity index (χ4v) is 5.42. The van der Waals surface area contributed by atoms with Gasteiger partial charge in [-0.25, -0.2) is 0 Å². The minimum atomic E-state index is -0.600. The Hall–Kier alpha value is -2.38. The monoisotopic (exact) mass is 441 g/mol. The second-order valence-corrected chi connectivity index (χ2v) is 10.3. The zero-order valence-corrected chi connectivity index (χ0v) is 21.9. The Morgan fingerprint density at radius 1 is 0.636 bits per heavy atom. The maximum absolute atomic E-state index is 7.79. The SMILES string of the molecule is CCCCCCC(c1cc(C)ccc1C)C(N)(c1cc(C)ccc1C)c1cc(C)ccc1C. The van der Waals surface area contributed by atoms with Crippen LogP contribution in [0, 0.1) is 41.5 Å². The largest absolute Gasteiger partial charge is 0.317 e. The summed E-state index contributed by atoms with van der Waals surface area (Å²) in [6.07, 6.45) is 6.07. The fourth-order valence-electron chi connectivity index (χ4n) is 5.42. The molecule has 0 amide bonds. The molecule has 0 fully saturated rings. The second-order valence-electron chi connectivity index (χ2n) is 10.3. The molecule has 0 aliphatic heterocycles. The molecule has 0 aliphatic carbocycles. The van der Waals surface area contributed by atoms with Crippen molar-refractivity contribution >= 4 is 0 Å². The van der Waals surface area contributed by atoms with Gasteiger partial charge in [-0.1, -0.05) is 104 Å². The number of rotatable bonds is 9. The summed E-state index contributed by atoms with van der Waals surface area (Å²) in [6, 6.07) is 20.5. The van der Waals surface area contributed by atoms with Crippen molar-refractivity contribution in [1.29, 1.82) is 0 Å². The lowest BCUT2D eigenvalue weighted by molar-refractivity contribution is 0.381. The number of nitrogens with two attached hydrogens (primary N) is 1. The average Bonchev–Trinajstić information content (AvgIpc) is 2.78. The van der Waals surface area contributed by atoms with Crippen LogP contribution >= 0.6 is 0 Å². The van der Waals surface area contributed by atoms with E-state index in [2.05, 4.69) is 103 Å². The molecular formula is C32H43N. The van der Waals surface area contributed by atoms with E-state index in [1.54, 1.807) is 0 Å². The summed E-state index contributed by atoms with van der Waals surface area (Å²) < 4.78 is 0. The maximum atomic E-state index is 7.79. The van der Waals surface area contributed by atoms with Crippen molar-refractivity contribution in [1.82, 2.24) is 0 Å². The molecule has 0 aromatic heterocycles. The minimum absolute atomic E-state index is 0.204. The predicted molar refractivity (Wildman–Crippen MR) is 144 cm³/mol. The van der Waals surface area contributed by atoms with Crippen LogP contribution in [0.2, 0.25) is 0 Å². The summed E-state index contributed by atoms with van der Waals surface area (Å²) in [6.45, 7) is 15.5. The molecule has 3 aromatic rings. The molecule has 3 rings (SSSR count). The van der Waals surface area contributed by atoms with Gasteiger partial charge >= 0.3 is 0 Å². The van der Waals surface area contributed by atoms with Crippen molar-refractivity contribution in [2.24, 2.45) is 5.73 Å². The Morgan fingerprint density at radius 3 is 1.64 bits per heavy atom. The first-order valence-corrected chi connectivity index (χ1v) is 12.7. The zero-order chi connectivity index (χ0) is 24.2. The fraction of sp³-hybridized carbons (Fsp3) is 0.438. The summed E-state index contributed by atoms with van der Waals surface area (Å²) >= 11 is 0. The third-order valence-electron chi connectivity index (χ3n) is 7.38. The van der Waals surface area contributed by atoms with Crippen molar-refractivity contribution < 1.29 is 0 Å². The number of hydrogen-bond acceptors (Lipinski definition) is 1. The smallest absolute Gasteiger partial charge is 0.0740 e. The Morgan fingerprint density at radius 2 is 1.12 bits per heavy atom. The summed E-state index contributed by atoms with van der Waals surface area (Å²) in [5.41, 5.74) is 18.8. The molecule has 1 nitrogen and oxygen atoms in total. The number of hydrogen-bond donors (Lipinski definition) is 1. The molecule has 0 heterocycles. The van der Waals surface area contributed by atoms with Crippen molar-refractivity contribution in [3.05, 3.63) is 105 Å². The van der Waals surface area contributed by atoms with Gasteiger partial charge in [0.25, 0.3) is 0 Å². The molecule has 3 aromatic carbocycles. The van der Waals surface area contributed by atoms with Crippen LogP contribution in [0.5, 0.6) is 0 Å². The van der Waals surface area contributed by atoms with Crippen LogP contribution in [-0.2, 0) is 5.54 Å². The minimum Gasteiger partial charge on any atom is -0.317 e. The zero-order valence-electron chi connectivity index (χ0n) is 21.9. The molecule has 2 N–H and O–H groups in total. The van der Waals surface area contributed by atoms with Crippen LogP contribution in [0.1, 0.15) is 95.0 Å². The van der Waals surface area contributed by atoms with E-state index in [4.69, 9.17) is 5.73 Å². The van der Waals surface area contributed by atoms with Gasteiger partial charge in [0.05, 0.1) is 5.54 Å². The van der Waals surface area contributed by atoms with Gasteiger partial charge in [-0.2, -0.15) is 0 Å². The number of benzene rings is 3. The van der Waals surface area contributed by atoms with E-state index < -0.39 is 5.54 Å². The van der Waals surface area contributed by atoms with E-state index in [1.165, 1.54) is 75.8 Å². The average molecular weight is 442 g/mol. The Kier molecular flexibility index (Phi) is 8.19. The third-order valence-corrected chi connectivity index (χ3v) is 7.38. The highest BCUT2D eigenvalue weighted by atomic mass is 14.8. The molecular weight excluding hydrogens is 398 g/mol. The Labute approximate surface area is 202 Å². The summed E-state index contributed by atoms with van der Waals surface area (Å²) in [7, 11) is 0. The molecule has 0 bridgehead atoms. The molecule has 0 saturated carbocycles. The lowest BCUT2D eigenvalue weighted by Gasteiger charge is -2.42. The van der Waals surface area contributed by atoms with Gasteiger partial charge in [0.2, 0.25) is 0 Å². The van der Waals surface area contributed by atoms with Crippen molar-refractivity contribution in [2.45, 2.75) is 92.0 Å². The second kappa shape index (κ2) is 10.7. The van der Waals surface area contributed by atoms with Gasteiger partial charge in [-0.3, -0.25) is 0 Å². The molecule has 0 aliphatic rings. The van der Waals surface area contributed by atoms with Gasteiger partial charge in [0.15, 0.2) is 0 Å². The lowest BCUT2D eigenvalue weighted by Crippen LogP contribution is -2.45. The van der Waals surface area contributed by atoms with Crippen LogP contribution in [0.25, 0.3) is 0 Å². The topological polar surface area (TPSA) is 26.0 Å². The summed E-state index contributed by atoms with van der Waals surface area (Å²) in [4.78, 5) is 0. The Bertz CT molecular complexity index is 1040. The van der Waals surface area contributed by atoms with Gasteiger partial charge in [-0.05, 0) is 81.3 Å². The molecule has 1 heteroatoms. The molecule has 33 heavy (non-hydrogen) atoms. The normalized spacial score (nSPS) is 12.7. The first kappa shape index (κ1) is 25.2. The Balaban J connectivity index is 2.33. The van der Waals surface area contributed by atoms with Crippen LogP contribution in [0.15, 0.2) is 54.6 Å². The van der Waals surface area contributed by atoms with Crippen molar-refractivity contribution in [3.63, 3.8) is 0 Å². The van der Waals surface area contributed by atoms with Crippen molar-refractivity contribution in [3.8, 4) is 0 Å². The van der Waals surface area contributed by atoms with Crippen molar-refractivity contribution in [2.75, 3.05) is 0 Å². The molecule has 0 radical (unpaired) electrons. The van der Waals surface area contributed by atoms with E-state index in [0.717, 1.165) is 6.42 Å². The highest BCUT2D eigenvalue weighted by molar-refractivity contribution is 5.52. The van der Waals surface area contributed by atoms with E-state index in [9.17, 15) is 0 Å². The first-order chi connectivity index (χ1) is 15.7. The van der Waals surface area contributed by atoms with Crippen LogP contribution in [0.4, 0.5) is 0 Å². The molecule has 176 valence electrons. The molecule has 0 spiro atoms. The number of unbranched alkanes of at least 4 members (excludes halogenated alkanes) is 3. The van der Waals surface area contributed by atoms with E-state index in [1.807, 2.05) is 0 Å². The molecule has 1 unspecified atom stereocenters. The quantitative estimate of drug-likeness (QED) is 0.331. The highest BCUT2D eigenvalue weighted by Gasteiger charge is 2.41.